The molecule has 2 rings (SSSR count). The Morgan fingerprint density at radius 3 is 2.55 bits per heavy atom. The number of methoxy groups -OCH3 is 1. The highest BCUT2D eigenvalue weighted by molar-refractivity contribution is 5.72. The second-order valence-electron chi connectivity index (χ2n) is 5.33. The number of nitro benzene ring substituents is 1. The van der Waals surface area contributed by atoms with Crippen LogP contribution in [0.15, 0.2) is 24.3 Å². The molecule has 1 aliphatic rings. The Labute approximate surface area is 118 Å². The second-order valence-corrected chi connectivity index (χ2v) is 5.33. The summed E-state index contributed by atoms with van der Waals surface area (Å²) in [5.74, 6) is 0.285. The average molecular weight is 277 g/mol. The van der Waals surface area contributed by atoms with Crippen molar-refractivity contribution in [1.82, 2.24) is 0 Å². The molecule has 0 saturated heterocycles. The van der Waals surface area contributed by atoms with Crippen LogP contribution in [0.3, 0.4) is 0 Å². The van der Waals surface area contributed by atoms with E-state index in [-0.39, 0.29) is 22.5 Å². The monoisotopic (exact) mass is 277 g/mol. The molecule has 0 aliphatic heterocycles. The number of carbonyl (C=O) groups is 1. The minimum atomic E-state index is -0.324. The van der Waals surface area contributed by atoms with E-state index in [0.717, 1.165) is 31.2 Å². The molecular formula is C15H19NO4. The molecule has 1 aromatic rings. The van der Waals surface area contributed by atoms with E-state index in [9.17, 15) is 14.9 Å². The van der Waals surface area contributed by atoms with Gasteiger partial charge >= 0.3 is 5.97 Å². The van der Waals surface area contributed by atoms with E-state index >= 15 is 0 Å². The van der Waals surface area contributed by atoms with Crippen molar-refractivity contribution in [3.05, 3.63) is 39.9 Å². The number of para-hydroxylation sites is 1. The molecule has 0 radical (unpaired) electrons. The second kappa shape index (κ2) is 6.50. The van der Waals surface area contributed by atoms with E-state index in [0.29, 0.717) is 12.3 Å². The standard InChI is InChI=1S/C15H19NO4/c1-20-15(17)12-8-6-11(7-9-12)10-13-4-2-3-5-14(13)16(18)19/h2-5,11-12H,6-10H2,1H3. The maximum absolute atomic E-state index is 11.5. The van der Waals surface area contributed by atoms with Crippen molar-refractivity contribution in [2.75, 3.05) is 7.11 Å². The third-order valence-electron chi connectivity index (χ3n) is 4.08. The minimum Gasteiger partial charge on any atom is -0.469 e. The van der Waals surface area contributed by atoms with Crippen molar-refractivity contribution in [2.24, 2.45) is 11.8 Å². The molecule has 1 aromatic carbocycles. The first kappa shape index (κ1) is 14.5. The number of hydrogen-bond acceptors (Lipinski definition) is 4. The van der Waals surface area contributed by atoms with E-state index < -0.39 is 0 Å². The van der Waals surface area contributed by atoms with Gasteiger partial charge in [0.15, 0.2) is 0 Å². The highest BCUT2D eigenvalue weighted by Crippen LogP contribution is 2.33. The van der Waals surface area contributed by atoms with Gasteiger partial charge in [0.05, 0.1) is 18.0 Å². The summed E-state index contributed by atoms with van der Waals surface area (Å²) >= 11 is 0. The summed E-state index contributed by atoms with van der Waals surface area (Å²) in [6.45, 7) is 0. The number of nitro groups is 1. The highest BCUT2D eigenvalue weighted by atomic mass is 16.6. The molecule has 5 nitrogen and oxygen atoms in total. The summed E-state index contributed by atoms with van der Waals surface area (Å²) in [6.07, 6.45) is 4.19. The molecule has 0 spiro atoms. The Bertz CT molecular complexity index is 492. The molecule has 1 aliphatic carbocycles. The molecular weight excluding hydrogens is 258 g/mol. The zero-order chi connectivity index (χ0) is 14.5. The topological polar surface area (TPSA) is 69.4 Å². The Hall–Kier alpha value is -1.91. The molecule has 0 bridgehead atoms. The third-order valence-corrected chi connectivity index (χ3v) is 4.08. The Morgan fingerprint density at radius 2 is 1.95 bits per heavy atom. The summed E-state index contributed by atoms with van der Waals surface area (Å²) in [5.41, 5.74) is 0.988. The van der Waals surface area contributed by atoms with Crippen LogP contribution in [0.5, 0.6) is 0 Å². The number of ether oxygens (including phenoxy) is 1. The Morgan fingerprint density at radius 1 is 1.30 bits per heavy atom. The summed E-state index contributed by atoms with van der Waals surface area (Å²) in [7, 11) is 1.42. The Kier molecular flexibility index (Phi) is 4.71. The normalized spacial score (nSPS) is 22.2. The first-order valence-electron chi connectivity index (χ1n) is 6.92. The van der Waals surface area contributed by atoms with Crippen LogP contribution in [0.1, 0.15) is 31.2 Å². The fourth-order valence-electron chi connectivity index (χ4n) is 2.94. The van der Waals surface area contributed by atoms with Crippen molar-refractivity contribution in [1.29, 1.82) is 0 Å². The van der Waals surface area contributed by atoms with Gasteiger partial charge in [0.1, 0.15) is 0 Å². The van der Waals surface area contributed by atoms with Crippen molar-refractivity contribution in [2.45, 2.75) is 32.1 Å². The molecule has 20 heavy (non-hydrogen) atoms. The highest BCUT2D eigenvalue weighted by Gasteiger charge is 2.28. The van der Waals surface area contributed by atoms with Crippen LogP contribution in [-0.2, 0) is 16.0 Å². The predicted molar refractivity (Wildman–Crippen MR) is 74.3 cm³/mol. The van der Waals surface area contributed by atoms with Crippen LogP contribution in [0.4, 0.5) is 5.69 Å². The summed E-state index contributed by atoms with van der Waals surface area (Å²) in [6, 6.07) is 6.90. The van der Waals surface area contributed by atoms with Crippen LogP contribution in [0.2, 0.25) is 0 Å². The summed E-state index contributed by atoms with van der Waals surface area (Å²) in [5, 5.41) is 11.0. The van der Waals surface area contributed by atoms with E-state index in [1.165, 1.54) is 7.11 Å². The molecule has 1 saturated carbocycles. The SMILES string of the molecule is COC(=O)C1CCC(Cc2ccccc2[N+](=O)[O-])CC1. The maximum Gasteiger partial charge on any atom is 0.308 e. The van der Waals surface area contributed by atoms with Gasteiger partial charge in [-0.3, -0.25) is 14.9 Å². The molecule has 0 aromatic heterocycles. The molecule has 0 heterocycles. The number of rotatable bonds is 4. The van der Waals surface area contributed by atoms with Crippen molar-refractivity contribution < 1.29 is 14.5 Å². The maximum atomic E-state index is 11.5. The first-order valence-corrected chi connectivity index (χ1v) is 6.92. The number of nitrogens with zero attached hydrogens (tertiary/aromatic N) is 1. The largest absolute Gasteiger partial charge is 0.469 e. The Balaban J connectivity index is 1.96. The molecule has 5 heteroatoms. The lowest BCUT2D eigenvalue weighted by molar-refractivity contribution is -0.385. The molecule has 0 N–H and O–H groups in total. The number of benzene rings is 1. The van der Waals surface area contributed by atoms with E-state index in [1.54, 1.807) is 12.1 Å². The van der Waals surface area contributed by atoms with Gasteiger partial charge in [-0.1, -0.05) is 18.2 Å². The smallest absolute Gasteiger partial charge is 0.308 e. The van der Waals surface area contributed by atoms with Crippen LogP contribution >= 0.6 is 0 Å². The molecule has 0 amide bonds. The fourth-order valence-corrected chi connectivity index (χ4v) is 2.94. The predicted octanol–water partition coefficient (Wildman–Crippen LogP) is 3.12. The third kappa shape index (κ3) is 3.35. The van der Waals surface area contributed by atoms with E-state index in [1.807, 2.05) is 12.1 Å². The van der Waals surface area contributed by atoms with Crippen molar-refractivity contribution >= 4 is 11.7 Å². The van der Waals surface area contributed by atoms with E-state index in [2.05, 4.69) is 0 Å². The van der Waals surface area contributed by atoms with Crippen molar-refractivity contribution in [3.63, 3.8) is 0 Å². The lowest BCUT2D eigenvalue weighted by Crippen LogP contribution is -2.23. The molecule has 0 atom stereocenters. The molecule has 108 valence electrons. The average Bonchev–Trinajstić information content (AvgIpc) is 2.47. The van der Waals surface area contributed by atoms with Gasteiger partial charge in [-0.05, 0) is 38.0 Å². The van der Waals surface area contributed by atoms with Gasteiger partial charge in [-0.15, -0.1) is 0 Å². The van der Waals surface area contributed by atoms with Crippen LogP contribution in [0, 0.1) is 22.0 Å². The quantitative estimate of drug-likeness (QED) is 0.481. The van der Waals surface area contributed by atoms with Gasteiger partial charge in [0.25, 0.3) is 5.69 Å². The van der Waals surface area contributed by atoms with Crippen LogP contribution < -0.4 is 0 Å². The molecule has 0 unspecified atom stereocenters. The van der Waals surface area contributed by atoms with Gasteiger partial charge in [-0.2, -0.15) is 0 Å². The summed E-state index contributed by atoms with van der Waals surface area (Å²) < 4.78 is 4.77. The fraction of sp³-hybridized carbons (Fsp3) is 0.533. The van der Waals surface area contributed by atoms with Crippen LogP contribution in [0.25, 0.3) is 0 Å². The number of esters is 1. The van der Waals surface area contributed by atoms with Gasteiger partial charge in [-0.25, -0.2) is 0 Å². The lowest BCUT2D eigenvalue weighted by atomic mass is 9.79. The van der Waals surface area contributed by atoms with Crippen LogP contribution in [-0.4, -0.2) is 18.0 Å². The zero-order valence-corrected chi connectivity index (χ0v) is 11.6. The lowest BCUT2D eigenvalue weighted by Gasteiger charge is -2.26. The van der Waals surface area contributed by atoms with Gasteiger partial charge < -0.3 is 4.74 Å². The number of hydrogen-bond donors (Lipinski definition) is 0. The van der Waals surface area contributed by atoms with Gasteiger partial charge in [0.2, 0.25) is 0 Å². The van der Waals surface area contributed by atoms with E-state index in [4.69, 9.17) is 4.74 Å². The molecule has 1 fully saturated rings. The zero-order valence-electron chi connectivity index (χ0n) is 11.6. The first-order chi connectivity index (χ1) is 9.61. The number of carbonyl (C=O) groups excluding carboxylic acids is 1. The van der Waals surface area contributed by atoms with Gasteiger partial charge in [0, 0.05) is 11.6 Å². The minimum absolute atomic E-state index is 0.00186. The summed E-state index contributed by atoms with van der Waals surface area (Å²) in [4.78, 5) is 22.1. The van der Waals surface area contributed by atoms with Crippen molar-refractivity contribution in [3.8, 4) is 0 Å².